The number of aryl methyl sites for hydroxylation is 20. The van der Waals surface area contributed by atoms with Gasteiger partial charge in [0.2, 0.25) is 0 Å². The zero-order valence-electron chi connectivity index (χ0n) is 79.1. The first kappa shape index (κ1) is 106. The molecule has 1 saturated heterocycles. The second-order valence-corrected chi connectivity index (χ2v) is 33.0. The van der Waals surface area contributed by atoms with Crippen molar-refractivity contribution in [2.45, 2.75) is 277 Å². The van der Waals surface area contributed by atoms with Crippen LogP contribution < -0.4 is 27.2 Å². The second-order valence-electron chi connectivity index (χ2n) is 33.0. The predicted molar refractivity (Wildman–Crippen MR) is 511 cm³/mol. The Kier molecular flexibility index (Phi) is 57.2. The number of rotatable bonds is 0. The van der Waals surface area contributed by atoms with Crippen molar-refractivity contribution in [1.82, 2.24) is 67.2 Å². The molecule has 13 heteroatoms. The van der Waals surface area contributed by atoms with Crippen LogP contribution >= 0.6 is 0 Å². The largest absolute Gasteiger partial charge is 0.312 e. The lowest BCUT2D eigenvalue weighted by Gasteiger charge is -2.25. The summed E-state index contributed by atoms with van der Waals surface area (Å²) < 4.78 is 0. The van der Waals surface area contributed by atoms with E-state index >= 15 is 0 Å². The molecule has 0 bridgehead atoms. The molecule has 13 nitrogen and oxygen atoms in total. The molecule has 3 fully saturated rings. The lowest BCUT2D eigenvalue weighted by Crippen LogP contribution is -2.38. The molecule has 9 heterocycles. The molecule has 2 saturated carbocycles. The van der Waals surface area contributed by atoms with Crippen LogP contribution in [0, 0.1) is 162 Å². The maximum absolute atomic E-state index is 4.17. The fraction of sp³-hybridized carbons (Fsp3) is 0.448. The first-order chi connectivity index (χ1) is 55.9. The monoisotopic (exact) mass is 1600 g/mol. The molecule has 15 rings (SSSR count). The van der Waals surface area contributed by atoms with E-state index in [1.54, 1.807) is 0 Å². The smallest absolute Gasteiger partial charge is 0.0422 e. The minimum atomic E-state index is 0.763. The van der Waals surface area contributed by atoms with Crippen LogP contribution in [-0.4, -0.2) is 66.1 Å². The van der Waals surface area contributed by atoms with Gasteiger partial charge in [-0.3, -0.25) is 39.9 Å². The van der Waals surface area contributed by atoms with Crippen molar-refractivity contribution in [1.29, 1.82) is 0 Å². The van der Waals surface area contributed by atoms with Crippen molar-refractivity contribution in [3.8, 4) is 0 Å². The van der Waals surface area contributed by atoms with E-state index in [2.05, 4.69) is 310 Å². The summed E-state index contributed by atoms with van der Waals surface area (Å²) in [6.07, 6.45) is 32.7. The van der Waals surface area contributed by atoms with Crippen molar-refractivity contribution in [2.75, 3.05) is 14.1 Å². The van der Waals surface area contributed by atoms with Gasteiger partial charge in [0.05, 0.1) is 0 Å². The highest BCUT2D eigenvalue weighted by atomic mass is 15.7. The fourth-order valence-corrected chi connectivity index (χ4v) is 12.3. The number of aromatic nitrogens is 6. The summed E-state index contributed by atoms with van der Waals surface area (Å²) in [7, 11) is 3.87. The molecule has 6 aromatic heterocycles. The van der Waals surface area contributed by atoms with Gasteiger partial charge < -0.3 is 16.2 Å². The number of piperidine rings is 1. The fourth-order valence-electron chi connectivity index (χ4n) is 12.3. The molecule has 5 N–H and O–H groups in total. The molecule has 6 atom stereocenters. The van der Waals surface area contributed by atoms with Crippen LogP contribution in [0.25, 0.3) is 0 Å². The summed E-state index contributed by atoms with van der Waals surface area (Å²) in [4.78, 5) is 24.3. The molecule has 0 amide bonds. The Labute approximate surface area is 720 Å². The summed E-state index contributed by atoms with van der Waals surface area (Å²) >= 11 is 0. The topological polar surface area (TPSA) is 144 Å². The minimum Gasteiger partial charge on any atom is -0.312 e. The summed E-state index contributed by atoms with van der Waals surface area (Å²) in [5.74, 6) is 4.03. The maximum atomic E-state index is 4.17. The van der Waals surface area contributed by atoms with Gasteiger partial charge in [0.15, 0.2) is 0 Å². The molecular weight excluding hydrogens is 1440 g/mol. The van der Waals surface area contributed by atoms with Crippen molar-refractivity contribution in [2.24, 2.45) is 23.7 Å². The van der Waals surface area contributed by atoms with Crippen molar-refractivity contribution in [3.63, 3.8) is 0 Å². The maximum Gasteiger partial charge on any atom is 0.0422 e. The van der Waals surface area contributed by atoms with Gasteiger partial charge in [0.25, 0.3) is 0 Å². The van der Waals surface area contributed by atoms with Gasteiger partial charge in [0.1, 0.15) is 0 Å². The van der Waals surface area contributed by atoms with Gasteiger partial charge in [-0.2, -0.15) is 0 Å². The van der Waals surface area contributed by atoms with E-state index in [9.17, 15) is 0 Å². The predicted octanol–water partition coefficient (Wildman–Crippen LogP) is 26.2. The average Bonchev–Trinajstić information content (AvgIpc) is 1.58. The van der Waals surface area contributed by atoms with E-state index in [4.69, 9.17) is 0 Å². The molecular formula is C105H159N13. The molecule has 2 aliphatic carbocycles. The first-order valence-corrected chi connectivity index (χ1v) is 43.0. The van der Waals surface area contributed by atoms with Crippen molar-refractivity contribution < 1.29 is 0 Å². The van der Waals surface area contributed by atoms with E-state index in [-0.39, 0.29) is 0 Å². The molecule has 3 aliphatic heterocycles. The van der Waals surface area contributed by atoms with Crippen LogP contribution in [0.2, 0.25) is 0 Å². The van der Waals surface area contributed by atoms with E-state index in [1.807, 2.05) is 185 Å². The second kappa shape index (κ2) is 63.4. The third-order valence-corrected chi connectivity index (χ3v) is 20.4. The Morgan fingerprint density at radius 1 is 0.297 bits per heavy atom. The molecule has 0 spiro atoms. The van der Waals surface area contributed by atoms with Gasteiger partial charge in [-0.05, 0) is 330 Å². The number of hydrogen-bond donors (Lipinski definition) is 5. The summed E-state index contributed by atoms with van der Waals surface area (Å²) in [6, 6.07) is 57.3. The zero-order valence-corrected chi connectivity index (χ0v) is 79.1. The number of hydrazine groups is 4. The highest BCUT2D eigenvalue weighted by molar-refractivity contribution is 5.26. The lowest BCUT2D eigenvalue weighted by atomic mass is 9.82. The van der Waals surface area contributed by atoms with Crippen LogP contribution in [0.5, 0.6) is 0 Å². The Balaban J connectivity index is 0.000000632. The number of hydrogen-bond acceptors (Lipinski definition) is 13. The Morgan fingerprint density at radius 2 is 0.661 bits per heavy atom. The van der Waals surface area contributed by atoms with E-state index in [0.29, 0.717) is 0 Å². The minimum absolute atomic E-state index is 0.763. The van der Waals surface area contributed by atoms with Gasteiger partial charge in [0, 0.05) is 122 Å². The molecule has 118 heavy (non-hydrogen) atoms. The Hall–Kier alpha value is -9.66. The lowest BCUT2D eigenvalue weighted by molar-refractivity contribution is 0.277. The number of allylic oxidation sites excluding steroid dienone is 2. The standard InChI is InChI=1S/C8H16.C8H10.C8H16.3C8H10.5C7H9N.C7H15N.C7H9N.2C4H9N3/c2*1-7-4-3-5-8(2)6-7;4*1-7-5-3-4-6-8(7)2;1-6-3-7(2)5-8-4-6;1-6-3-4-8-5-7(6)2;2*1-6-3-4-8-7(2)5-6;1-6-4-3-5-8-7(6)2;2*1-6-4-3-5-7(2)8-6;2*1-4-3-7(2)6-5-4/h7-8H,3-6H2,1-2H3;3-6H,1-2H3;7-8H,3-6H2,1-2H3;3*3-6H,1-2H3;5*3-5H,1-2H3;6-8H,3-5H2,1-2H3;3-5H,1-2H3;2*3,5-6H,1-2H3. The molecule has 0 radical (unpaired) electrons. The van der Waals surface area contributed by atoms with Gasteiger partial charge >= 0.3 is 0 Å². The molecule has 644 valence electrons. The SMILES string of the molecule is CC1=CN(C)NN1.CC1=CN(C)NN1.CC1CCCC(C)C1.CC1CCCC(C)N1.CC1CCCCC1C.Cc1cccc(C)c1.Cc1cccc(C)n1.Cc1ccccc1C.Cc1ccccc1C.Cc1ccccc1C.Cc1cccnc1C.Cc1ccnc(C)c1.Cc1ccnc(C)c1.Cc1ccncc1C.Cc1cncc(C)c1. The normalized spacial score (nSPS) is 16.6. The number of pyridine rings is 6. The first-order valence-electron chi connectivity index (χ1n) is 43.0. The molecule has 5 aliphatic rings. The van der Waals surface area contributed by atoms with E-state index in [1.165, 1.54) is 154 Å². The highest BCUT2D eigenvalue weighted by Crippen LogP contribution is 2.29. The number of nitrogens with zero attached hydrogens (tertiary/aromatic N) is 8. The zero-order chi connectivity index (χ0) is 88.3. The van der Waals surface area contributed by atoms with E-state index < -0.39 is 0 Å². The Bertz CT molecular complexity index is 3550. The number of nitrogens with one attached hydrogen (secondary N) is 5. The highest BCUT2D eigenvalue weighted by Gasteiger charge is 2.16. The number of benzene rings is 4. The van der Waals surface area contributed by atoms with E-state index in [0.717, 1.165) is 75.6 Å². The van der Waals surface area contributed by atoms with Crippen LogP contribution in [-0.2, 0) is 0 Å². The van der Waals surface area contributed by atoms with Gasteiger partial charge in [-0.1, -0.05) is 205 Å². The van der Waals surface area contributed by atoms with Crippen LogP contribution in [0.4, 0.5) is 0 Å². The molecule has 4 aromatic carbocycles. The van der Waals surface area contributed by atoms with Crippen molar-refractivity contribution in [3.05, 3.63) is 343 Å². The van der Waals surface area contributed by atoms with Crippen LogP contribution in [0.3, 0.4) is 0 Å². The van der Waals surface area contributed by atoms with Gasteiger partial charge in [-0.15, -0.1) is 11.1 Å². The van der Waals surface area contributed by atoms with Gasteiger partial charge in [-0.25, -0.2) is 0 Å². The quantitative estimate of drug-likeness (QED) is 0.0984. The average molecular weight is 1600 g/mol. The third kappa shape index (κ3) is 56.6. The van der Waals surface area contributed by atoms with Crippen LogP contribution in [0.15, 0.2) is 231 Å². The third-order valence-electron chi connectivity index (χ3n) is 20.4. The summed E-state index contributed by atoms with van der Waals surface area (Å²) in [6.45, 7) is 59.3. The van der Waals surface area contributed by atoms with Crippen molar-refractivity contribution >= 4 is 0 Å². The summed E-state index contributed by atoms with van der Waals surface area (Å²) in [5, 5.41) is 7.19. The summed E-state index contributed by atoms with van der Waals surface area (Å²) in [5.41, 5.74) is 39.0. The van der Waals surface area contributed by atoms with Crippen LogP contribution in [0.1, 0.15) is 238 Å². The molecule has 10 aromatic rings. The molecule has 6 unspecified atom stereocenters. The Morgan fingerprint density at radius 3 is 0.864 bits per heavy atom.